The molecule has 0 aliphatic rings. The van der Waals surface area contributed by atoms with Gasteiger partial charge in [0.2, 0.25) is 0 Å². The molecular weight excluding hydrogens is 80.0 g/mol. The molecule has 0 spiro atoms. The molecule has 0 radical (unpaired) electrons. The predicted molar refractivity (Wildman–Crippen MR) is 23.4 cm³/mol. The smallest absolute Gasteiger partial charge is 0.271 e. The zero-order chi connectivity index (χ0) is 4.99. The van der Waals surface area contributed by atoms with E-state index in [1.165, 1.54) is 13.2 Å². The molecule has 1 N–H and O–H groups in total. The second-order valence-electron chi connectivity index (χ2n) is 0.831. The van der Waals surface area contributed by atoms with Crippen LogP contribution in [-0.2, 0) is 4.74 Å². The van der Waals surface area contributed by atoms with Crippen LogP contribution in [0, 0.1) is 0 Å². The van der Waals surface area contributed by atoms with E-state index in [0.717, 1.165) is 0 Å². The first-order chi connectivity index (χ1) is 2.81. The lowest BCUT2D eigenvalue weighted by Gasteiger charge is -1.89. The Morgan fingerprint density at radius 3 is 2.33 bits per heavy atom. The highest BCUT2D eigenvalue weighted by Gasteiger charge is 1.75. The standard InChI is InChI=1S/C4H8O2/c1-3-4(5)6-2/h3,5H,1-2H3/b4-3+. The molecule has 0 aliphatic carbocycles. The molecule has 0 aliphatic heterocycles. The third-order valence-corrected chi connectivity index (χ3v) is 0.456. The van der Waals surface area contributed by atoms with Gasteiger partial charge in [0.15, 0.2) is 0 Å². The Morgan fingerprint density at radius 1 is 1.83 bits per heavy atom. The SMILES string of the molecule is C/C=C(\O)OC. The van der Waals surface area contributed by atoms with Crippen molar-refractivity contribution in [3.63, 3.8) is 0 Å². The van der Waals surface area contributed by atoms with E-state index in [1.807, 2.05) is 0 Å². The maximum absolute atomic E-state index is 8.31. The topological polar surface area (TPSA) is 29.5 Å². The molecule has 2 heteroatoms. The number of rotatable bonds is 1. The van der Waals surface area contributed by atoms with Gasteiger partial charge in [-0.05, 0) is 13.0 Å². The Kier molecular flexibility index (Phi) is 2.29. The van der Waals surface area contributed by atoms with E-state index in [0.29, 0.717) is 0 Å². The molecule has 0 aromatic rings. The minimum absolute atomic E-state index is 0.0324. The lowest BCUT2D eigenvalue weighted by Crippen LogP contribution is -1.78. The minimum Gasteiger partial charge on any atom is -0.481 e. The van der Waals surface area contributed by atoms with Gasteiger partial charge in [-0.2, -0.15) is 0 Å². The molecule has 0 heterocycles. The van der Waals surface area contributed by atoms with Gasteiger partial charge in [-0.15, -0.1) is 0 Å². The molecular formula is C4H8O2. The largest absolute Gasteiger partial charge is 0.481 e. The summed E-state index contributed by atoms with van der Waals surface area (Å²) in [5, 5.41) is 8.31. The van der Waals surface area contributed by atoms with Crippen LogP contribution in [0.3, 0.4) is 0 Å². The number of hydrogen-bond acceptors (Lipinski definition) is 2. The average molecular weight is 88.1 g/mol. The number of aliphatic hydroxyl groups excluding tert-OH is 1. The van der Waals surface area contributed by atoms with Crippen LogP contribution in [-0.4, -0.2) is 12.2 Å². The normalized spacial score (nSPS) is 11.3. The summed E-state index contributed by atoms with van der Waals surface area (Å²) in [6.07, 6.45) is 1.47. The van der Waals surface area contributed by atoms with Gasteiger partial charge in [0.1, 0.15) is 0 Å². The zero-order valence-corrected chi connectivity index (χ0v) is 3.93. The lowest BCUT2D eigenvalue weighted by molar-refractivity contribution is 0.135. The van der Waals surface area contributed by atoms with Gasteiger partial charge in [-0.3, -0.25) is 0 Å². The van der Waals surface area contributed by atoms with E-state index in [4.69, 9.17) is 5.11 Å². The van der Waals surface area contributed by atoms with E-state index in [9.17, 15) is 0 Å². The first-order valence-electron chi connectivity index (χ1n) is 1.70. The summed E-state index contributed by atoms with van der Waals surface area (Å²) >= 11 is 0. The summed E-state index contributed by atoms with van der Waals surface area (Å²) in [6, 6.07) is 0. The van der Waals surface area contributed by atoms with Crippen LogP contribution < -0.4 is 0 Å². The fourth-order valence-corrected chi connectivity index (χ4v) is 0.118. The van der Waals surface area contributed by atoms with Crippen molar-refractivity contribution in [1.82, 2.24) is 0 Å². The molecule has 0 saturated carbocycles. The molecule has 2 nitrogen and oxygen atoms in total. The highest BCUT2D eigenvalue weighted by Crippen LogP contribution is 1.82. The Hall–Kier alpha value is -0.660. The minimum atomic E-state index is -0.0324. The van der Waals surface area contributed by atoms with Crippen LogP contribution >= 0.6 is 0 Å². The van der Waals surface area contributed by atoms with E-state index in [1.54, 1.807) is 6.92 Å². The molecule has 0 aromatic heterocycles. The van der Waals surface area contributed by atoms with Crippen molar-refractivity contribution >= 4 is 0 Å². The van der Waals surface area contributed by atoms with Crippen molar-refractivity contribution in [1.29, 1.82) is 0 Å². The van der Waals surface area contributed by atoms with Crippen LogP contribution in [0.2, 0.25) is 0 Å². The summed E-state index contributed by atoms with van der Waals surface area (Å²) in [4.78, 5) is 0. The summed E-state index contributed by atoms with van der Waals surface area (Å²) in [5.74, 6) is -0.0324. The summed E-state index contributed by atoms with van der Waals surface area (Å²) in [6.45, 7) is 1.69. The summed E-state index contributed by atoms with van der Waals surface area (Å²) in [5.41, 5.74) is 0. The Balaban J connectivity index is 3.22. The van der Waals surface area contributed by atoms with Gasteiger partial charge in [0.05, 0.1) is 7.11 Å². The third kappa shape index (κ3) is 1.64. The third-order valence-electron chi connectivity index (χ3n) is 0.456. The fraction of sp³-hybridized carbons (Fsp3) is 0.500. The molecule has 36 valence electrons. The highest BCUT2D eigenvalue weighted by molar-refractivity contribution is 4.74. The Labute approximate surface area is 37.1 Å². The van der Waals surface area contributed by atoms with Crippen LogP contribution in [0.1, 0.15) is 6.92 Å². The molecule has 0 amide bonds. The van der Waals surface area contributed by atoms with E-state index < -0.39 is 0 Å². The Morgan fingerprint density at radius 2 is 2.33 bits per heavy atom. The number of allylic oxidation sites excluding steroid dienone is 1. The molecule has 0 rings (SSSR count). The lowest BCUT2D eigenvalue weighted by atomic mass is 10.7. The number of methoxy groups -OCH3 is 1. The summed E-state index contributed by atoms with van der Waals surface area (Å²) in [7, 11) is 1.41. The first kappa shape index (κ1) is 5.34. The fourth-order valence-electron chi connectivity index (χ4n) is 0.118. The summed E-state index contributed by atoms with van der Waals surface area (Å²) < 4.78 is 4.32. The van der Waals surface area contributed by atoms with E-state index in [-0.39, 0.29) is 5.95 Å². The predicted octanol–water partition coefficient (Wildman–Crippen LogP) is 1.05. The van der Waals surface area contributed by atoms with Crippen LogP contribution in [0.15, 0.2) is 12.0 Å². The maximum atomic E-state index is 8.31. The monoisotopic (exact) mass is 88.1 g/mol. The molecule has 0 aromatic carbocycles. The second kappa shape index (κ2) is 2.57. The number of ether oxygens (including phenoxy) is 1. The molecule has 0 unspecified atom stereocenters. The highest BCUT2D eigenvalue weighted by atomic mass is 16.6. The number of aliphatic hydroxyl groups is 1. The van der Waals surface area contributed by atoms with Gasteiger partial charge in [-0.25, -0.2) is 0 Å². The van der Waals surface area contributed by atoms with Gasteiger partial charge in [0.25, 0.3) is 5.95 Å². The average Bonchev–Trinajstić information content (AvgIpc) is 1.65. The van der Waals surface area contributed by atoms with Crippen molar-refractivity contribution in [3.05, 3.63) is 12.0 Å². The van der Waals surface area contributed by atoms with Crippen molar-refractivity contribution in [2.24, 2.45) is 0 Å². The molecule has 0 atom stereocenters. The van der Waals surface area contributed by atoms with Crippen LogP contribution in [0.25, 0.3) is 0 Å². The molecule has 6 heavy (non-hydrogen) atoms. The van der Waals surface area contributed by atoms with Crippen molar-refractivity contribution in [2.45, 2.75) is 6.92 Å². The molecule has 0 fully saturated rings. The van der Waals surface area contributed by atoms with Gasteiger partial charge in [0, 0.05) is 0 Å². The van der Waals surface area contributed by atoms with Crippen LogP contribution in [0.5, 0.6) is 0 Å². The van der Waals surface area contributed by atoms with Gasteiger partial charge in [-0.1, -0.05) is 0 Å². The van der Waals surface area contributed by atoms with E-state index >= 15 is 0 Å². The van der Waals surface area contributed by atoms with E-state index in [2.05, 4.69) is 4.74 Å². The number of hydrogen-bond donors (Lipinski definition) is 1. The van der Waals surface area contributed by atoms with Crippen molar-refractivity contribution in [2.75, 3.05) is 7.11 Å². The molecule has 0 saturated heterocycles. The Bertz CT molecular complexity index is 56.6. The maximum Gasteiger partial charge on any atom is 0.271 e. The second-order valence-corrected chi connectivity index (χ2v) is 0.831. The van der Waals surface area contributed by atoms with Gasteiger partial charge >= 0.3 is 0 Å². The quantitative estimate of drug-likeness (QED) is 0.485. The molecule has 0 bridgehead atoms. The van der Waals surface area contributed by atoms with Crippen molar-refractivity contribution in [3.8, 4) is 0 Å². The zero-order valence-electron chi connectivity index (χ0n) is 3.93. The van der Waals surface area contributed by atoms with Crippen molar-refractivity contribution < 1.29 is 9.84 Å². The van der Waals surface area contributed by atoms with Crippen LogP contribution in [0.4, 0.5) is 0 Å². The first-order valence-corrected chi connectivity index (χ1v) is 1.70. The van der Waals surface area contributed by atoms with Gasteiger partial charge < -0.3 is 9.84 Å².